The molecule has 0 aliphatic heterocycles. The third-order valence-electron chi connectivity index (χ3n) is 4.90. The van der Waals surface area contributed by atoms with Crippen molar-refractivity contribution in [1.82, 2.24) is 9.78 Å². The number of carbonyl (C=O) groups is 1. The molecule has 1 N–H and O–H groups in total. The topological polar surface area (TPSA) is 46.9 Å². The number of hydrogen-bond donors (Lipinski definition) is 1. The number of benzene rings is 3. The molecular weight excluding hydrogens is 474 g/mol. The SMILES string of the molecule is Cc1ccc(NC(=O)c2ccc(-c3cc(C(F)(F)F)nn3-c3ccccc3Cl)cc2)c(Cl)c1. The second-order valence-electron chi connectivity index (χ2n) is 7.29. The van der Waals surface area contributed by atoms with E-state index in [1.807, 2.05) is 13.0 Å². The molecule has 0 atom stereocenters. The van der Waals surface area contributed by atoms with Gasteiger partial charge in [-0.05, 0) is 55.0 Å². The Kier molecular flexibility index (Phi) is 6.19. The lowest BCUT2D eigenvalue weighted by Gasteiger charge is -2.11. The fourth-order valence-corrected chi connectivity index (χ4v) is 3.74. The van der Waals surface area contributed by atoms with E-state index in [-0.39, 0.29) is 10.7 Å². The van der Waals surface area contributed by atoms with Gasteiger partial charge in [-0.15, -0.1) is 0 Å². The summed E-state index contributed by atoms with van der Waals surface area (Å²) in [6, 6.07) is 18.8. The molecule has 0 saturated heterocycles. The Morgan fingerprint density at radius 2 is 1.64 bits per heavy atom. The van der Waals surface area contributed by atoms with Gasteiger partial charge in [-0.25, -0.2) is 4.68 Å². The zero-order chi connectivity index (χ0) is 23.8. The Balaban J connectivity index is 1.68. The van der Waals surface area contributed by atoms with Gasteiger partial charge in [0.25, 0.3) is 5.91 Å². The molecule has 4 aromatic rings. The van der Waals surface area contributed by atoms with Crippen molar-refractivity contribution < 1.29 is 18.0 Å². The highest BCUT2D eigenvalue weighted by atomic mass is 35.5. The van der Waals surface area contributed by atoms with Crippen LogP contribution in [0.15, 0.2) is 72.8 Å². The lowest BCUT2D eigenvalue weighted by molar-refractivity contribution is -0.141. The monoisotopic (exact) mass is 489 g/mol. The number of para-hydroxylation sites is 1. The lowest BCUT2D eigenvalue weighted by Crippen LogP contribution is -2.12. The number of nitrogens with zero attached hydrogens (tertiary/aromatic N) is 2. The van der Waals surface area contributed by atoms with Crippen LogP contribution in [-0.4, -0.2) is 15.7 Å². The van der Waals surface area contributed by atoms with Crippen LogP contribution >= 0.6 is 23.2 Å². The average molecular weight is 490 g/mol. The zero-order valence-electron chi connectivity index (χ0n) is 17.1. The number of carbonyl (C=O) groups excluding carboxylic acids is 1. The van der Waals surface area contributed by atoms with Crippen LogP contribution in [0.1, 0.15) is 21.6 Å². The number of rotatable bonds is 4. The van der Waals surface area contributed by atoms with E-state index in [0.717, 1.165) is 16.3 Å². The van der Waals surface area contributed by atoms with Crippen molar-refractivity contribution in [2.45, 2.75) is 13.1 Å². The molecule has 0 fully saturated rings. The minimum atomic E-state index is -4.63. The van der Waals surface area contributed by atoms with Crippen LogP contribution in [0, 0.1) is 6.92 Å². The number of hydrogen-bond acceptors (Lipinski definition) is 2. The Labute approximate surface area is 197 Å². The van der Waals surface area contributed by atoms with Crippen molar-refractivity contribution in [3.8, 4) is 16.9 Å². The number of alkyl halides is 3. The van der Waals surface area contributed by atoms with Gasteiger partial charge in [0.15, 0.2) is 5.69 Å². The van der Waals surface area contributed by atoms with Crippen LogP contribution < -0.4 is 5.32 Å². The van der Waals surface area contributed by atoms with Gasteiger partial charge in [0.05, 0.1) is 27.1 Å². The summed E-state index contributed by atoms with van der Waals surface area (Å²) in [5, 5.41) is 7.12. The van der Waals surface area contributed by atoms with Gasteiger partial charge in [0.1, 0.15) is 0 Å². The van der Waals surface area contributed by atoms with Crippen molar-refractivity contribution in [2.75, 3.05) is 5.32 Å². The normalized spacial score (nSPS) is 11.5. The van der Waals surface area contributed by atoms with Gasteiger partial charge >= 0.3 is 6.18 Å². The summed E-state index contributed by atoms with van der Waals surface area (Å²) in [4.78, 5) is 12.6. The molecule has 4 nitrogen and oxygen atoms in total. The van der Waals surface area contributed by atoms with Gasteiger partial charge < -0.3 is 5.32 Å². The smallest absolute Gasteiger partial charge is 0.321 e. The minimum absolute atomic E-state index is 0.184. The summed E-state index contributed by atoms with van der Waals surface area (Å²) in [6.07, 6.45) is -4.63. The highest BCUT2D eigenvalue weighted by Gasteiger charge is 2.35. The van der Waals surface area contributed by atoms with E-state index in [1.54, 1.807) is 48.5 Å². The molecule has 1 amide bonds. The second kappa shape index (κ2) is 8.92. The van der Waals surface area contributed by atoms with Crippen molar-refractivity contribution in [1.29, 1.82) is 0 Å². The summed E-state index contributed by atoms with van der Waals surface area (Å²) < 4.78 is 41.3. The van der Waals surface area contributed by atoms with Crippen molar-refractivity contribution in [3.63, 3.8) is 0 Å². The number of halogens is 5. The molecule has 0 aliphatic carbocycles. The number of nitrogens with one attached hydrogen (secondary N) is 1. The molecule has 1 aromatic heterocycles. The maximum absolute atomic E-state index is 13.4. The lowest BCUT2D eigenvalue weighted by atomic mass is 10.1. The summed E-state index contributed by atoms with van der Waals surface area (Å²) >= 11 is 12.4. The van der Waals surface area contributed by atoms with Crippen molar-refractivity contribution in [3.05, 3.63) is 99.7 Å². The van der Waals surface area contributed by atoms with E-state index in [9.17, 15) is 18.0 Å². The Morgan fingerprint density at radius 3 is 2.27 bits per heavy atom. The second-order valence-corrected chi connectivity index (χ2v) is 8.10. The number of amides is 1. The first-order chi connectivity index (χ1) is 15.6. The molecule has 4 rings (SSSR count). The molecular formula is C24H16Cl2F3N3O. The van der Waals surface area contributed by atoms with Gasteiger partial charge in [-0.3, -0.25) is 4.79 Å². The third kappa shape index (κ3) is 4.89. The van der Waals surface area contributed by atoms with Gasteiger partial charge in [0, 0.05) is 11.1 Å². The van der Waals surface area contributed by atoms with Crippen LogP contribution in [0.2, 0.25) is 10.0 Å². The zero-order valence-corrected chi connectivity index (χ0v) is 18.6. The number of aryl methyl sites for hydroxylation is 1. The Morgan fingerprint density at radius 1 is 0.939 bits per heavy atom. The first kappa shape index (κ1) is 22.9. The summed E-state index contributed by atoms with van der Waals surface area (Å²) in [6.45, 7) is 1.88. The molecule has 0 bridgehead atoms. The minimum Gasteiger partial charge on any atom is -0.321 e. The Hall–Kier alpha value is -3.29. The van der Waals surface area contributed by atoms with Crippen molar-refractivity contribution >= 4 is 34.8 Å². The molecule has 0 saturated carbocycles. The highest BCUT2D eigenvalue weighted by Crippen LogP contribution is 2.34. The summed E-state index contributed by atoms with van der Waals surface area (Å²) in [5.41, 5.74) is 1.61. The maximum Gasteiger partial charge on any atom is 0.435 e. The van der Waals surface area contributed by atoms with Crippen LogP contribution in [0.3, 0.4) is 0 Å². The van der Waals surface area contributed by atoms with Gasteiger partial charge in [0.2, 0.25) is 0 Å². The summed E-state index contributed by atoms with van der Waals surface area (Å²) in [7, 11) is 0. The van der Waals surface area contributed by atoms with Crippen LogP contribution in [0.25, 0.3) is 16.9 Å². The maximum atomic E-state index is 13.4. The number of anilines is 1. The largest absolute Gasteiger partial charge is 0.435 e. The van der Waals surface area contributed by atoms with Gasteiger partial charge in [-0.1, -0.05) is 53.5 Å². The van der Waals surface area contributed by atoms with Crippen LogP contribution in [0.4, 0.5) is 18.9 Å². The van der Waals surface area contributed by atoms with E-state index >= 15 is 0 Å². The van der Waals surface area contributed by atoms with Gasteiger partial charge in [-0.2, -0.15) is 18.3 Å². The van der Waals surface area contributed by atoms with E-state index < -0.39 is 17.8 Å². The summed E-state index contributed by atoms with van der Waals surface area (Å²) in [5.74, 6) is -0.400. The first-order valence-electron chi connectivity index (χ1n) is 9.73. The van der Waals surface area contributed by atoms with E-state index in [4.69, 9.17) is 23.2 Å². The molecule has 3 aromatic carbocycles. The van der Waals surface area contributed by atoms with E-state index in [0.29, 0.717) is 27.5 Å². The predicted molar refractivity (Wildman–Crippen MR) is 123 cm³/mol. The van der Waals surface area contributed by atoms with E-state index in [2.05, 4.69) is 10.4 Å². The first-order valence-corrected chi connectivity index (χ1v) is 10.5. The highest BCUT2D eigenvalue weighted by molar-refractivity contribution is 6.34. The third-order valence-corrected chi connectivity index (χ3v) is 5.53. The molecule has 0 aliphatic rings. The number of aromatic nitrogens is 2. The molecule has 9 heteroatoms. The molecule has 33 heavy (non-hydrogen) atoms. The molecule has 0 radical (unpaired) electrons. The fourth-order valence-electron chi connectivity index (χ4n) is 3.24. The average Bonchev–Trinajstić information content (AvgIpc) is 3.22. The molecule has 1 heterocycles. The molecule has 0 spiro atoms. The Bertz CT molecular complexity index is 1330. The predicted octanol–water partition coefficient (Wildman–Crippen LogP) is 7.43. The van der Waals surface area contributed by atoms with Crippen LogP contribution in [0.5, 0.6) is 0 Å². The fraction of sp³-hybridized carbons (Fsp3) is 0.0833. The quantitative estimate of drug-likeness (QED) is 0.324. The molecule has 0 unspecified atom stereocenters. The molecule has 168 valence electrons. The van der Waals surface area contributed by atoms with Crippen LogP contribution in [-0.2, 0) is 6.18 Å². The van der Waals surface area contributed by atoms with Crippen molar-refractivity contribution in [2.24, 2.45) is 0 Å². The van der Waals surface area contributed by atoms with E-state index in [1.165, 1.54) is 12.1 Å². The standard InChI is InChI=1S/C24H16Cl2F3N3O/c1-14-6-11-19(18(26)12-14)30-23(33)16-9-7-15(8-10-16)21-13-22(24(27,28)29)31-32(21)20-5-3-2-4-17(20)25/h2-13H,1H3,(H,30,33).